The zero-order chi connectivity index (χ0) is 14.0. The standard InChI is InChI=1S/2C5H5NO2.CH2O/c2*7-4-1-2-5(8)6-3-4;1-2/h2*1-3,7H,(H,6,8);1H2. The molecule has 0 atom stereocenters. The SMILES string of the molecule is C=O.O=c1ccc(O)c[nH]1.O=c1ccc(O)c[nH]1. The molecule has 0 saturated carbocycles. The van der Waals surface area contributed by atoms with Crippen LogP contribution in [0.5, 0.6) is 11.5 Å². The fraction of sp³-hybridized carbons (Fsp3) is 0. The first-order valence-electron chi connectivity index (χ1n) is 4.62. The fourth-order valence-corrected chi connectivity index (χ4v) is 0.805. The summed E-state index contributed by atoms with van der Waals surface area (Å²) in [6, 6.07) is 5.18. The van der Waals surface area contributed by atoms with Gasteiger partial charge in [-0.05, 0) is 12.1 Å². The molecule has 0 radical (unpaired) electrons. The Hall–Kier alpha value is -2.83. The monoisotopic (exact) mass is 252 g/mol. The number of rotatable bonds is 0. The predicted octanol–water partition coefficient (Wildman–Crippen LogP) is -0.0239. The highest BCUT2D eigenvalue weighted by molar-refractivity contribution is 5.13. The number of H-pyrrole nitrogens is 2. The largest absolute Gasteiger partial charge is 0.506 e. The number of carbonyl (C=O) groups is 1. The lowest BCUT2D eigenvalue weighted by Gasteiger charge is -1.83. The normalized spacial score (nSPS) is 8.22. The second-order valence-electron chi connectivity index (χ2n) is 2.82. The Morgan fingerprint density at radius 3 is 1.28 bits per heavy atom. The van der Waals surface area contributed by atoms with Crippen molar-refractivity contribution in [2.45, 2.75) is 0 Å². The quantitative estimate of drug-likeness (QED) is 0.524. The van der Waals surface area contributed by atoms with E-state index in [1.165, 1.54) is 36.7 Å². The van der Waals surface area contributed by atoms with Gasteiger partial charge in [0.1, 0.15) is 18.3 Å². The van der Waals surface area contributed by atoms with E-state index in [0.717, 1.165) is 0 Å². The molecule has 0 aliphatic rings. The zero-order valence-electron chi connectivity index (χ0n) is 9.29. The van der Waals surface area contributed by atoms with Crippen molar-refractivity contribution in [3.63, 3.8) is 0 Å². The van der Waals surface area contributed by atoms with Crippen molar-refractivity contribution < 1.29 is 15.0 Å². The minimum absolute atomic E-state index is 0.0737. The van der Waals surface area contributed by atoms with Crippen LogP contribution in [0, 0.1) is 0 Å². The van der Waals surface area contributed by atoms with E-state index in [4.69, 9.17) is 15.0 Å². The molecule has 0 unspecified atom stereocenters. The van der Waals surface area contributed by atoms with Crippen molar-refractivity contribution in [2.75, 3.05) is 0 Å². The maximum atomic E-state index is 10.3. The number of aromatic amines is 2. The summed E-state index contributed by atoms with van der Waals surface area (Å²) in [5.74, 6) is 0.147. The third-order valence-electron chi connectivity index (χ3n) is 1.54. The molecule has 7 heteroatoms. The Morgan fingerprint density at radius 2 is 1.11 bits per heavy atom. The van der Waals surface area contributed by atoms with Gasteiger partial charge in [0.2, 0.25) is 11.1 Å². The topological polar surface area (TPSA) is 123 Å². The lowest BCUT2D eigenvalue weighted by Crippen LogP contribution is -1.99. The van der Waals surface area contributed by atoms with Crippen LogP contribution in [0.15, 0.2) is 46.2 Å². The van der Waals surface area contributed by atoms with Crippen LogP contribution in [-0.2, 0) is 4.79 Å². The van der Waals surface area contributed by atoms with Gasteiger partial charge < -0.3 is 25.0 Å². The molecule has 96 valence electrons. The molecular formula is C11H12N2O5. The molecular weight excluding hydrogens is 240 g/mol. The highest BCUT2D eigenvalue weighted by atomic mass is 16.3. The third-order valence-corrected chi connectivity index (χ3v) is 1.54. The van der Waals surface area contributed by atoms with Crippen molar-refractivity contribution in [1.82, 2.24) is 9.97 Å². The summed E-state index contributed by atoms with van der Waals surface area (Å²) in [6.07, 6.45) is 2.48. The van der Waals surface area contributed by atoms with E-state index in [1.54, 1.807) is 0 Å². The number of pyridine rings is 2. The fourth-order valence-electron chi connectivity index (χ4n) is 0.805. The van der Waals surface area contributed by atoms with Crippen LogP contribution in [0.4, 0.5) is 0 Å². The second kappa shape index (κ2) is 8.34. The van der Waals surface area contributed by atoms with Crippen LogP contribution in [0.3, 0.4) is 0 Å². The first-order valence-corrected chi connectivity index (χ1v) is 4.62. The molecule has 2 aromatic rings. The Bertz CT molecular complexity index is 484. The molecule has 7 nitrogen and oxygen atoms in total. The van der Waals surface area contributed by atoms with E-state index < -0.39 is 0 Å². The van der Waals surface area contributed by atoms with Gasteiger partial charge in [-0.25, -0.2) is 0 Å². The lowest BCUT2D eigenvalue weighted by molar-refractivity contribution is -0.0979. The van der Waals surface area contributed by atoms with Crippen LogP contribution < -0.4 is 11.1 Å². The molecule has 4 N–H and O–H groups in total. The molecule has 0 saturated heterocycles. The second-order valence-corrected chi connectivity index (χ2v) is 2.82. The van der Waals surface area contributed by atoms with Gasteiger partial charge in [0.25, 0.3) is 0 Å². The van der Waals surface area contributed by atoms with Gasteiger partial charge in [0.05, 0.1) is 0 Å². The van der Waals surface area contributed by atoms with Crippen LogP contribution >= 0.6 is 0 Å². The number of aromatic nitrogens is 2. The van der Waals surface area contributed by atoms with Crippen molar-refractivity contribution in [3.05, 3.63) is 57.4 Å². The summed E-state index contributed by atoms with van der Waals surface area (Å²) in [7, 11) is 0. The minimum Gasteiger partial charge on any atom is -0.506 e. The Kier molecular flexibility index (Phi) is 7.03. The lowest BCUT2D eigenvalue weighted by atomic mass is 10.5. The van der Waals surface area contributed by atoms with Crippen molar-refractivity contribution in [1.29, 1.82) is 0 Å². The van der Waals surface area contributed by atoms with Crippen molar-refractivity contribution in [3.8, 4) is 11.5 Å². The molecule has 2 aromatic heterocycles. The molecule has 2 rings (SSSR count). The Balaban J connectivity index is 0.000000283. The number of hydrogen-bond donors (Lipinski definition) is 4. The van der Waals surface area contributed by atoms with Crippen LogP contribution in [0.1, 0.15) is 0 Å². The van der Waals surface area contributed by atoms with E-state index in [2.05, 4.69) is 9.97 Å². The summed E-state index contributed by atoms with van der Waals surface area (Å²) >= 11 is 0. The molecule has 0 fully saturated rings. The van der Waals surface area contributed by atoms with Crippen molar-refractivity contribution >= 4 is 6.79 Å². The summed E-state index contributed by atoms with van der Waals surface area (Å²) in [5.41, 5.74) is -0.411. The smallest absolute Gasteiger partial charge is 0.248 e. The minimum atomic E-state index is -0.206. The van der Waals surface area contributed by atoms with E-state index in [0.29, 0.717) is 0 Å². The highest BCUT2D eigenvalue weighted by Gasteiger charge is 1.82. The van der Waals surface area contributed by atoms with Gasteiger partial charge in [0.15, 0.2) is 0 Å². The van der Waals surface area contributed by atoms with Gasteiger partial charge >= 0.3 is 0 Å². The van der Waals surface area contributed by atoms with Crippen LogP contribution in [0.2, 0.25) is 0 Å². The molecule has 18 heavy (non-hydrogen) atoms. The predicted molar refractivity (Wildman–Crippen MR) is 64.6 cm³/mol. The number of hydrogen-bond acceptors (Lipinski definition) is 5. The van der Waals surface area contributed by atoms with Crippen LogP contribution in [-0.4, -0.2) is 27.0 Å². The first-order chi connectivity index (χ1) is 8.58. The summed E-state index contributed by atoms with van der Waals surface area (Å²) in [5, 5.41) is 17.2. The first kappa shape index (κ1) is 15.2. The molecule has 0 aliphatic heterocycles. The maximum absolute atomic E-state index is 10.3. The number of aromatic hydroxyl groups is 2. The van der Waals surface area contributed by atoms with E-state index >= 15 is 0 Å². The molecule has 0 aliphatic carbocycles. The van der Waals surface area contributed by atoms with Gasteiger partial charge in [-0.2, -0.15) is 0 Å². The van der Waals surface area contributed by atoms with E-state index in [-0.39, 0.29) is 22.6 Å². The third kappa shape index (κ3) is 6.62. The van der Waals surface area contributed by atoms with E-state index in [9.17, 15) is 9.59 Å². The van der Waals surface area contributed by atoms with E-state index in [1.807, 2.05) is 6.79 Å². The Labute approximate surface area is 101 Å². The molecule has 0 spiro atoms. The summed E-state index contributed by atoms with van der Waals surface area (Å²) in [4.78, 5) is 33.1. The number of carbonyl (C=O) groups excluding carboxylic acids is 1. The molecule has 0 amide bonds. The molecule has 2 heterocycles. The average Bonchev–Trinajstić information content (AvgIpc) is 2.40. The maximum Gasteiger partial charge on any atom is 0.248 e. The zero-order valence-corrected chi connectivity index (χ0v) is 9.29. The van der Waals surface area contributed by atoms with Crippen molar-refractivity contribution in [2.24, 2.45) is 0 Å². The van der Waals surface area contributed by atoms with Gasteiger partial charge in [-0.15, -0.1) is 0 Å². The number of nitrogens with one attached hydrogen (secondary N) is 2. The Morgan fingerprint density at radius 1 is 0.778 bits per heavy atom. The molecule has 0 aromatic carbocycles. The molecule has 0 bridgehead atoms. The van der Waals surface area contributed by atoms with Crippen LogP contribution in [0.25, 0.3) is 0 Å². The van der Waals surface area contributed by atoms with Gasteiger partial charge in [-0.3, -0.25) is 9.59 Å². The van der Waals surface area contributed by atoms with Gasteiger partial charge in [0, 0.05) is 24.5 Å². The van der Waals surface area contributed by atoms with Gasteiger partial charge in [-0.1, -0.05) is 0 Å². The highest BCUT2D eigenvalue weighted by Crippen LogP contribution is 1.98. The summed E-state index contributed by atoms with van der Waals surface area (Å²) < 4.78 is 0. The average molecular weight is 252 g/mol. The summed E-state index contributed by atoms with van der Waals surface area (Å²) in [6.45, 7) is 2.00.